The van der Waals surface area contributed by atoms with Crippen LogP contribution in [0, 0.1) is 0 Å². The van der Waals surface area contributed by atoms with Gasteiger partial charge in [0.05, 0.1) is 23.8 Å². The van der Waals surface area contributed by atoms with Gasteiger partial charge >= 0.3 is 0 Å². The molecule has 0 N–H and O–H groups in total. The summed E-state index contributed by atoms with van der Waals surface area (Å²) in [7, 11) is 1.61. The lowest BCUT2D eigenvalue weighted by Crippen LogP contribution is -2.28. The fourth-order valence-corrected chi connectivity index (χ4v) is 3.85. The van der Waals surface area contributed by atoms with Gasteiger partial charge < -0.3 is 9.47 Å². The Morgan fingerprint density at radius 3 is 2.54 bits per heavy atom. The number of methoxy groups -OCH3 is 1. The van der Waals surface area contributed by atoms with E-state index in [0.717, 1.165) is 11.3 Å². The number of ether oxygens (including phenoxy) is 2. The lowest BCUT2D eigenvalue weighted by Gasteiger charge is -2.16. The summed E-state index contributed by atoms with van der Waals surface area (Å²) in [6.45, 7) is 6.42. The van der Waals surface area contributed by atoms with Crippen LogP contribution in [0.1, 0.15) is 26.3 Å². The summed E-state index contributed by atoms with van der Waals surface area (Å²) in [5.74, 6) is 1.22. The summed E-state index contributed by atoms with van der Waals surface area (Å²) < 4.78 is 11.4. The number of carbonyl (C=O) groups is 1. The van der Waals surface area contributed by atoms with E-state index < -0.39 is 0 Å². The summed E-state index contributed by atoms with van der Waals surface area (Å²) >= 11 is 1.37. The Bertz CT molecular complexity index is 907. The van der Waals surface area contributed by atoms with Crippen molar-refractivity contribution in [1.29, 1.82) is 0 Å². The van der Waals surface area contributed by atoms with E-state index in [1.54, 1.807) is 12.0 Å². The van der Waals surface area contributed by atoms with Gasteiger partial charge in [0.25, 0.3) is 5.91 Å². The Morgan fingerprint density at radius 1 is 1.14 bits per heavy atom. The zero-order valence-corrected chi connectivity index (χ0v) is 17.3. The molecule has 0 radical (unpaired) electrons. The van der Waals surface area contributed by atoms with Gasteiger partial charge in [-0.15, -0.1) is 0 Å². The number of carbonyl (C=O) groups excluding carboxylic acids is 1. The predicted molar refractivity (Wildman–Crippen MR) is 115 cm³/mol. The van der Waals surface area contributed by atoms with E-state index in [4.69, 9.17) is 9.47 Å². The third kappa shape index (κ3) is 4.39. The molecular formula is C22H24N2O3S. The van der Waals surface area contributed by atoms with Gasteiger partial charge in [0.1, 0.15) is 0 Å². The second-order valence-electron chi connectivity index (χ2n) is 6.44. The Kier molecular flexibility index (Phi) is 6.41. The summed E-state index contributed by atoms with van der Waals surface area (Å²) in [4.78, 5) is 19.9. The van der Waals surface area contributed by atoms with Crippen molar-refractivity contribution in [3.63, 3.8) is 0 Å². The largest absolute Gasteiger partial charge is 0.493 e. The van der Waals surface area contributed by atoms with Crippen molar-refractivity contribution in [3.8, 4) is 11.5 Å². The number of benzene rings is 2. The average molecular weight is 397 g/mol. The Labute approximate surface area is 170 Å². The first-order valence-corrected chi connectivity index (χ1v) is 10.0. The van der Waals surface area contributed by atoms with Crippen LogP contribution in [0.5, 0.6) is 11.5 Å². The molecule has 0 spiro atoms. The molecule has 0 aromatic heterocycles. The standard InChI is InChI=1S/C22H24N2O3S/c1-5-24-21(25)19(28-22(24)23-17-11-7-6-8-12-17)14-16-10-9-13-18(26-4)20(16)27-15(2)3/h6-15H,5H2,1-4H3/b19-14-,23-22?. The van der Waals surface area contributed by atoms with Crippen LogP contribution < -0.4 is 9.47 Å². The van der Waals surface area contributed by atoms with Gasteiger partial charge in [0, 0.05) is 12.1 Å². The second kappa shape index (κ2) is 8.97. The van der Waals surface area contributed by atoms with Crippen LogP contribution >= 0.6 is 11.8 Å². The molecule has 1 aliphatic rings. The van der Waals surface area contributed by atoms with Crippen molar-refractivity contribution in [2.45, 2.75) is 26.9 Å². The van der Waals surface area contributed by atoms with Gasteiger partial charge in [0.2, 0.25) is 0 Å². The maximum atomic E-state index is 12.9. The Balaban J connectivity index is 1.99. The van der Waals surface area contributed by atoms with Gasteiger partial charge in [-0.1, -0.05) is 30.3 Å². The summed E-state index contributed by atoms with van der Waals surface area (Å²) in [5.41, 5.74) is 1.63. The molecule has 1 saturated heterocycles. The molecule has 2 aromatic rings. The van der Waals surface area contributed by atoms with E-state index in [-0.39, 0.29) is 12.0 Å². The summed E-state index contributed by atoms with van der Waals surface area (Å²) in [6, 6.07) is 15.3. The number of aliphatic imine (C=N–C) groups is 1. The second-order valence-corrected chi connectivity index (χ2v) is 7.44. The summed E-state index contributed by atoms with van der Waals surface area (Å²) in [6.07, 6.45) is 1.84. The van der Waals surface area contributed by atoms with E-state index in [1.165, 1.54) is 11.8 Å². The molecule has 6 heteroatoms. The number of rotatable bonds is 6. The van der Waals surface area contributed by atoms with E-state index >= 15 is 0 Å². The molecule has 0 saturated carbocycles. The molecule has 0 aliphatic carbocycles. The first kappa shape index (κ1) is 20.0. The number of likely N-dealkylation sites (N-methyl/N-ethyl adjacent to an activating group) is 1. The molecule has 2 aromatic carbocycles. The van der Waals surface area contributed by atoms with Crippen molar-refractivity contribution < 1.29 is 14.3 Å². The molecule has 0 unspecified atom stereocenters. The number of para-hydroxylation sites is 2. The highest BCUT2D eigenvalue weighted by molar-refractivity contribution is 8.18. The maximum absolute atomic E-state index is 12.9. The average Bonchev–Trinajstić information content (AvgIpc) is 2.97. The number of amides is 1. The van der Waals surface area contributed by atoms with Gasteiger partial charge in [-0.05, 0) is 56.8 Å². The van der Waals surface area contributed by atoms with Crippen LogP contribution in [-0.4, -0.2) is 35.7 Å². The van der Waals surface area contributed by atoms with E-state index in [2.05, 4.69) is 4.99 Å². The van der Waals surface area contributed by atoms with Gasteiger partial charge in [-0.2, -0.15) is 0 Å². The van der Waals surface area contributed by atoms with Crippen LogP contribution in [0.2, 0.25) is 0 Å². The minimum Gasteiger partial charge on any atom is -0.493 e. The molecule has 1 fully saturated rings. The van der Waals surface area contributed by atoms with E-state index in [1.807, 2.05) is 75.4 Å². The topological polar surface area (TPSA) is 51.1 Å². The lowest BCUT2D eigenvalue weighted by molar-refractivity contribution is -0.122. The van der Waals surface area contributed by atoms with Crippen molar-refractivity contribution in [1.82, 2.24) is 4.90 Å². The Morgan fingerprint density at radius 2 is 1.89 bits per heavy atom. The minimum atomic E-state index is -0.0551. The number of hydrogen-bond donors (Lipinski definition) is 0. The van der Waals surface area contributed by atoms with Crippen molar-refractivity contribution >= 4 is 34.6 Å². The highest BCUT2D eigenvalue weighted by Crippen LogP contribution is 2.38. The van der Waals surface area contributed by atoms with Crippen LogP contribution in [0.25, 0.3) is 6.08 Å². The molecular weight excluding hydrogens is 372 g/mol. The van der Waals surface area contributed by atoms with Crippen molar-refractivity contribution in [2.24, 2.45) is 4.99 Å². The summed E-state index contributed by atoms with van der Waals surface area (Å²) in [5, 5.41) is 0.680. The molecule has 1 aliphatic heterocycles. The van der Waals surface area contributed by atoms with E-state index in [0.29, 0.717) is 28.1 Å². The smallest absolute Gasteiger partial charge is 0.266 e. The van der Waals surface area contributed by atoms with Crippen molar-refractivity contribution in [2.75, 3.05) is 13.7 Å². The fraction of sp³-hybridized carbons (Fsp3) is 0.273. The normalized spacial score (nSPS) is 17.0. The highest BCUT2D eigenvalue weighted by atomic mass is 32.2. The third-order valence-electron chi connectivity index (χ3n) is 4.05. The van der Waals surface area contributed by atoms with Crippen molar-refractivity contribution in [3.05, 3.63) is 59.0 Å². The van der Waals surface area contributed by atoms with Crippen LogP contribution in [0.4, 0.5) is 5.69 Å². The monoisotopic (exact) mass is 396 g/mol. The molecule has 1 heterocycles. The van der Waals surface area contributed by atoms with Crippen LogP contribution in [-0.2, 0) is 4.79 Å². The molecule has 0 bridgehead atoms. The molecule has 28 heavy (non-hydrogen) atoms. The highest BCUT2D eigenvalue weighted by Gasteiger charge is 2.32. The van der Waals surface area contributed by atoms with Crippen LogP contribution in [0.15, 0.2) is 58.4 Å². The third-order valence-corrected chi connectivity index (χ3v) is 5.06. The van der Waals surface area contributed by atoms with Gasteiger partial charge in [0.15, 0.2) is 16.7 Å². The lowest BCUT2D eigenvalue weighted by atomic mass is 10.1. The number of amidine groups is 1. The Hall–Kier alpha value is -2.73. The zero-order chi connectivity index (χ0) is 20.1. The number of hydrogen-bond acceptors (Lipinski definition) is 5. The van der Waals surface area contributed by atoms with Crippen LogP contribution in [0.3, 0.4) is 0 Å². The van der Waals surface area contributed by atoms with E-state index in [9.17, 15) is 4.79 Å². The quantitative estimate of drug-likeness (QED) is 0.637. The minimum absolute atomic E-state index is 0.0114. The van der Waals surface area contributed by atoms with Gasteiger partial charge in [-0.25, -0.2) is 4.99 Å². The maximum Gasteiger partial charge on any atom is 0.266 e. The predicted octanol–water partition coefficient (Wildman–Crippen LogP) is 5.11. The zero-order valence-electron chi connectivity index (χ0n) is 16.5. The number of thioether (sulfide) groups is 1. The first-order valence-electron chi connectivity index (χ1n) is 9.22. The van der Waals surface area contributed by atoms with Gasteiger partial charge in [-0.3, -0.25) is 9.69 Å². The molecule has 1 amide bonds. The molecule has 5 nitrogen and oxygen atoms in total. The molecule has 146 valence electrons. The SMILES string of the molecule is CCN1C(=O)/C(=C/c2cccc(OC)c2OC(C)C)SC1=Nc1ccccc1. The fourth-order valence-electron chi connectivity index (χ4n) is 2.79. The molecule has 0 atom stereocenters. The first-order chi connectivity index (χ1) is 13.5. The number of nitrogens with zero attached hydrogens (tertiary/aromatic N) is 2. The molecule has 3 rings (SSSR count).